The Hall–Kier alpha value is -2.48. The number of carboxylic acid groups (broad SMARTS) is 1. The van der Waals surface area contributed by atoms with E-state index in [1.54, 1.807) is 0 Å². The summed E-state index contributed by atoms with van der Waals surface area (Å²) < 4.78 is 79.5. The average Bonchev–Trinajstić information content (AvgIpc) is 2.60. The lowest BCUT2D eigenvalue weighted by atomic mass is 10.3. The van der Waals surface area contributed by atoms with E-state index in [0.717, 1.165) is 6.92 Å². The molecule has 1 aromatic carbocycles. The third kappa shape index (κ3) is 4.51. The Kier molecular flexibility index (Phi) is 3.74. The van der Waals surface area contributed by atoms with Crippen LogP contribution in [0.5, 0.6) is 17.4 Å². The molecule has 1 atom stereocenters. The predicted octanol–water partition coefficient (Wildman–Crippen LogP) is 4.40. The van der Waals surface area contributed by atoms with Crippen molar-refractivity contribution in [3.05, 3.63) is 47.0 Å². The van der Waals surface area contributed by atoms with Gasteiger partial charge in [0.15, 0.2) is 6.10 Å². The van der Waals surface area contributed by atoms with Gasteiger partial charge in [-0.15, -0.1) is 0 Å². The number of ether oxygens (including phenoxy) is 2. The van der Waals surface area contributed by atoms with E-state index < -0.39 is 70.4 Å². The molecule has 1 heterocycles. The molecule has 0 aliphatic rings. The van der Waals surface area contributed by atoms with Crippen molar-refractivity contribution in [2.45, 2.75) is 19.2 Å². The van der Waals surface area contributed by atoms with Crippen molar-refractivity contribution < 1.29 is 38.0 Å². The number of aliphatic carboxylic acids is 1. The standard InChI is InChI=1S/C15H11ClF3NO4/c1-8(14(21)22)23-10-2-4-11(5-3-10)24-13-12(16)6-9(7-20-13)15(17,18)19/h2-8H,1H3,(H,21,22)/i2D,3D,4D,5D. The monoisotopic (exact) mass is 365 g/mol. The summed E-state index contributed by atoms with van der Waals surface area (Å²) in [6.07, 6.45) is -5.72. The molecule has 0 saturated carbocycles. The third-order valence-electron chi connectivity index (χ3n) is 2.56. The first-order chi connectivity index (χ1) is 12.8. The highest BCUT2D eigenvalue weighted by atomic mass is 35.5. The summed E-state index contributed by atoms with van der Waals surface area (Å²) in [4.78, 5) is 14.3. The minimum atomic E-state index is -4.70. The maximum Gasteiger partial charge on any atom is 0.417 e. The van der Waals surface area contributed by atoms with Gasteiger partial charge in [-0.3, -0.25) is 0 Å². The first-order valence-corrected chi connectivity index (χ1v) is 6.62. The zero-order valence-electron chi connectivity index (χ0n) is 15.9. The van der Waals surface area contributed by atoms with Crippen molar-refractivity contribution >= 4 is 17.6 Å². The summed E-state index contributed by atoms with van der Waals surface area (Å²) in [6, 6.07) is -2.47. The molecule has 1 N–H and O–H groups in total. The Morgan fingerprint density at radius 3 is 2.42 bits per heavy atom. The zero-order chi connectivity index (χ0) is 21.4. The molecular formula is C15H11ClF3NO4. The van der Waals surface area contributed by atoms with Crippen molar-refractivity contribution in [1.29, 1.82) is 0 Å². The minimum Gasteiger partial charge on any atom is -0.479 e. The fourth-order valence-corrected chi connectivity index (χ4v) is 1.58. The van der Waals surface area contributed by atoms with Gasteiger partial charge >= 0.3 is 12.1 Å². The molecule has 0 aliphatic carbocycles. The highest BCUT2D eigenvalue weighted by Crippen LogP contribution is 2.34. The van der Waals surface area contributed by atoms with Crippen LogP contribution < -0.4 is 9.47 Å². The highest BCUT2D eigenvalue weighted by molar-refractivity contribution is 6.31. The van der Waals surface area contributed by atoms with Crippen molar-refractivity contribution in [3.63, 3.8) is 0 Å². The van der Waals surface area contributed by atoms with Crippen LogP contribution in [0, 0.1) is 0 Å². The van der Waals surface area contributed by atoms with Crippen LogP contribution in [0.15, 0.2) is 36.4 Å². The number of carbonyl (C=O) groups is 1. The van der Waals surface area contributed by atoms with Gasteiger partial charge in [0.2, 0.25) is 5.88 Å². The largest absolute Gasteiger partial charge is 0.479 e. The molecule has 0 bridgehead atoms. The normalized spacial score (nSPS) is 14.9. The number of carboxylic acids is 1. The molecule has 128 valence electrons. The molecule has 2 aromatic rings. The Morgan fingerprint density at radius 1 is 1.33 bits per heavy atom. The summed E-state index contributed by atoms with van der Waals surface area (Å²) in [5.41, 5.74) is -1.14. The maximum atomic E-state index is 12.7. The van der Waals surface area contributed by atoms with Gasteiger partial charge in [-0.05, 0) is 37.2 Å². The Bertz CT molecular complexity index is 913. The molecule has 24 heavy (non-hydrogen) atoms. The van der Waals surface area contributed by atoms with Gasteiger partial charge in [-0.2, -0.15) is 13.2 Å². The molecule has 1 aromatic heterocycles. The zero-order valence-corrected chi connectivity index (χ0v) is 12.6. The SMILES string of the molecule is [2H]c1c([2H])c(OC(C)C(=O)O)c([2H])c([2H])c1Oc1ncc(C(F)(F)F)cc1Cl. The second-order valence-corrected chi connectivity index (χ2v) is 4.77. The number of halogens is 4. The highest BCUT2D eigenvalue weighted by Gasteiger charge is 2.31. The van der Waals surface area contributed by atoms with Gasteiger partial charge in [-0.25, -0.2) is 9.78 Å². The first kappa shape index (κ1) is 12.9. The van der Waals surface area contributed by atoms with E-state index >= 15 is 0 Å². The number of benzene rings is 1. The number of aromatic nitrogens is 1. The molecule has 0 radical (unpaired) electrons. The van der Waals surface area contributed by atoms with Gasteiger partial charge in [0.1, 0.15) is 16.5 Å². The van der Waals surface area contributed by atoms with Crippen molar-refractivity contribution in [1.82, 2.24) is 4.98 Å². The fourth-order valence-electron chi connectivity index (χ4n) is 1.38. The topological polar surface area (TPSA) is 68.7 Å². The molecule has 0 spiro atoms. The van der Waals surface area contributed by atoms with E-state index in [1.807, 2.05) is 0 Å². The van der Waals surface area contributed by atoms with Crippen LogP contribution in [0.3, 0.4) is 0 Å². The van der Waals surface area contributed by atoms with Crippen LogP contribution in [0.4, 0.5) is 13.2 Å². The maximum absolute atomic E-state index is 12.7. The van der Waals surface area contributed by atoms with Gasteiger partial charge in [0.05, 0.1) is 11.0 Å². The summed E-state index contributed by atoms with van der Waals surface area (Å²) in [5, 5.41) is 8.29. The molecule has 9 heteroatoms. The summed E-state index contributed by atoms with van der Waals surface area (Å²) in [6.45, 7) is 1.13. The van der Waals surface area contributed by atoms with Gasteiger partial charge in [-0.1, -0.05) is 11.6 Å². The lowest BCUT2D eigenvalue weighted by Crippen LogP contribution is -2.22. The molecule has 2 rings (SSSR count). The lowest BCUT2D eigenvalue weighted by molar-refractivity contribution is -0.144. The van der Waals surface area contributed by atoms with E-state index in [4.69, 9.17) is 31.7 Å². The first-order valence-electron chi connectivity index (χ1n) is 8.25. The second kappa shape index (κ2) is 6.96. The van der Waals surface area contributed by atoms with E-state index in [0.29, 0.717) is 12.3 Å². The van der Waals surface area contributed by atoms with Crippen LogP contribution in [0.2, 0.25) is 5.02 Å². The second-order valence-electron chi connectivity index (χ2n) is 4.37. The Morgan fingerprint density at radius 2 is 1.92 bits per heavy atom. The van der Waals surface area contributed by atoms with Crippen LogP contribution in [0.25, 0.3) is 0 Å². The molecular weight excluding hydrogens is 351 g/mol. The molecule has 0 aliphatic heterocycles. The van der Waals surface area contributed by atoms with Gasteiger partial charge in [0, 0.05) is 6.20 Å². The van der Waals surface area contributed by atoms with E-state index in [2.05, 4.69) is 4.98 Å². The minimum absolute atomic E-state index is 0.434. The summed E-state index contributed by atoms with van der Waals surface area (Å²) in [7, 11) is 0. The Labute approximate surface area is 145 Å². The Balaban J connectivity index is 2.47. The van der Waals surface area contributed by atoms with Crippen molar-refractivity contribution in [3.8, 4) is 17.4 Å². The van der Waals surface area contributed by atoms with Crippen LogP contribution in [0.1, 0.15) is 18.0 Å². The molecule has 0 fully saturated rings. The smallest absolute Gasteiger partial charge is 0.417 e. The van der Waals surface area contributed by atoms with Crippen molar-refractivity contribution in [2.24, 2.45) is 0 Å². The fraction of sp³-hybridized carbons (Fsp3) is 0.200. The average molecular weight is 366 g/mol. The number of nitrogens with zero attached hydrogens (tertiary/aromatic N) is 1. The number of hydrogen-bond donors (Lipinski definition) is 1. The van der Waals surface area contributed by atoms with Crippen LogP contribution in [-0.4, -0.2) is 22.2 Å². The molecule has 1 unspecified atom stereocenters. The van der Waals surface area contributed by atoms with E-state index in [9.17, 15) is 18.0 Å². The molecule has 0 saturated heterocycles. The van der Waals surface area contributed by atoms with E-state index in [-0.39, 0.29) is 0 Å². The number of hydrogen-bond acceptors (Lipinski definition) is 4. The third-order valence-corrected chi connectivity index (χ3v) is 2.83. The summed E-state index contributed by atoms with van der Waals surface area (Å²) in [5.74, 6) is -3.25. The van der Waals surface area contributed by atoms with Gasteiger partial charge < -0.3 is 14.6 Å². The molecule has 0 amide bonds. The lowest BCUT2D eigenvalue weighted by Gasteiger charge is -2.12. The van der Waals surface area contributed by atoms with Crippen molar-refractivity contribution in [2.75, 3.05) is 0 Å². The summed E-state index contributed by atoms with van der Waals surface area (Å²) >= 11 is 5.71. The van der Waals surface area contributed by atoms with Crippen LogP contribution >= 0.6 is 11.6 Å². The van der Waals surface area contributed by atoms with Crippen LogP contribution in [-0.2, 0) is 11.0 Å². The number of rotatable bonds is 5. The van der Waals surface area contributed by atoms with E-state index in [1.165, 1.54) is 0 Å². The number of pyridine rings is 1. The molecule has 5 nitrogen and oxygen atoms in total. The van der Waals surface area contributed by atoms with Gasteiger partial charge in [0.25, 0.3) is 0 Å². The number of alkyl halides is 3. The quantitative estimate of drug-likeness (QED) is 0.850. The predicted molar refractivity (Wildman–Crippen MR) is 78.5 cm³/mol.